The molecule has 0 bridgehead atoms. The predicted octanol–water partition coefficient (Wildman–Crippen LogP) is 2.55. The van der Waals surface area contributed by atoms with Crippen molar-refractivity contribution in [1.29, 1.82) is 0 Å². The number of rotatable bonds is 7. The summed E-state index contributed by atoms with van der Waals surface area (Å²) in [6.07, 6.45) is 1.14. The van der Waals surface area contributed by atoms with E-state index < -0.39 is 0 Å². The number of hydrogen-bond donors (Lipinski definition) is 1. The first kappa shape index (κ1) is 12.7. The average Bonchev–Trinajstić information content (AvgIpc) is 2.64. The Hall–Kier alpha value is -0.380. The smallest absolute Gasteiger partial charge is 0.0587 e. The zero-order valence-corrected chi connectivity index (χ0v) is 10.7. The van der Waals surface area contributed by atoms with E-state index in [1.165, 1.54) is 5.56 Å². The van der Waals surface area contributed by atoms with Crippen LogP contribution in [0.15, 0.2) is 16.8 Å². The molecule has 0 saturated heterocycles. The van der Waals surface area contributed by atoms with Gasteiger partial charge in [0.05, 0.1) is 6.61 Å². The molecular weight excluding hydrogens is 206 g/mol. The summed E-state index contributed by atoms with van der Waals surface area (Å²) in [5.41, 5.74) is 1.76. The molecule has 0 saturated carbocycles. The van der Waals surface area contributed by atoms with E-state index in [1.54, 1.807) is 18.4 Å². The van der Waals surface area contributed by atoms with E-state index >= 15 is 0 Å². The molecule has 0 aliphatic carbocycles. The van der Waals surface area contributed by atoms with E-state index in [9.17, 15) is 0 Å². The van der Waals surface area contributed by atoms with Crippen LogP contribution in [0.5, 0.6) is 0 Å². The van der Waals surface area contributed by atoms with E-state index in [0.717, 1.165) is 26.1 Å². The molecule has 1 aromatic rings. The second kappa shape index (κ2) is 6.26. The van der Waals surface area contributed by atoms with Crippen LogP contribution in [-0.2, 0) is 11.2 Å². The first-order chi connectivity index (χ1) is 7.14. The van der Waals surface area contributed by atoms with Crippen LogP contribution in [0.4, 0.5) is 0 Å². The molecule has 1 N–H and O–H groups in total. The normalized spacial score (nSPS) is 11.9. The molecule has 15 heavy (non-hydrogen) atoms. The zero-order chi connectivity index (χ0) is 11.1. The summed E-state index contributed by atoms with van der Waals surface area (Å²) in [4.78, 5) is 0. The molecular formula is C12H21NOS. The van der Waals surface area contributed by atoms with Gasteiger partial charge in [-0.15, -0.1) is 0 Å². The van der Waals surface area contributed by atoms with Gasteiger partial charge in [-0.3, -0.25) is 0 Å². The van der Waals surface area contributed by atoms with Gasteiger partial charge in [0.25, 0.3) is 0 Å². The third-order valence-corrected chi connectivity index (χ3v) is 3.08. The summed E-state index contributed by atoms with van der Waals surface area (Å²) in [6, 6.07) is 2.21. The van der Waals surface area contributed by atoms with E-state index in [2.05, 4.69) is 36.0 Å². The van der Waals surface area contributed by atoms with Crippen LogP contribution in [0.1, 0.15) is 19.4 Å². The summed E-state index contributed by atoms with van der Waals surface area (Å²) in [6.45, 7) is 7.35. The Bertz CT molecular complexity index is 257. The van der Waals surface area contributed by atoms with Gasteiger partial charge in [-0.1, -0.05) is 13.8 Å². The van der Waals surface area contributed by atoms with Crippen molar-refractivity contribution in [2.45, 2.75) is 20.3 Å². The lowest BCUT2D eigenvalue weighted by molar-refractivity contribution is 0.194. The Morgan fingerprint density at radius 1 is 1.47 bits per heavy atom. The molecule has 86 valence electrons. The fourth-order valence-corrected chi connectivity index (χ4v) is 2.28. The van der Waals surface area contributed by atoms with E-state index in [0.29, 0.717) is 5.41 Å². The van der Waals surface area contributed by atoms with Crippen LogP contribution in [0, 0.1) is 5.41 Å². The lowest BCUT2D eigenvalue weighted by atomic mass is 9.86. The fourth-order valence-electron chi connectivity index (χ4n) is 1.61. The maximum atomic E-state index is 5.00. The summed E-state index contributed by atoms with van der Waals surface area (Å²) in [5.74, 6) is 0. The Morgan fingerprint density at radius 2 is 2.27 bits per heavy atom. The number of methoxy groups -OCH3 is 1. The quantitative estimate of drug-likeness (QED) is 0.723. The molecule has 0 atom stereocenters. The van der Waals surface area contributed by atoms with E-state index in [-0.39, 0.29) is 0 Å². The van der Waals surface area contributed by atoms with Crippen LogP contribution < -0.4 is 5.32 Å². The Kier molecular flexibility index (Phi) is 5.29. The van der Waals surface area contributed by atoms with Crippen molar-refractivity contribution < 1.29 is 4.74 Å². The van der Waals surface area contributed by atoms with Crippen molar-refractivity contribution in [1.82, 2.24) is 5.32 Å². The van der Waals surface area contributed by atoms with Crippen molar-refractivity contribution >= 4 is 11.3 Å². The highest BCUT2D eigenvalue weighted by atomic mass is 32.1. The summed E-state index contributed by atoms with van der Waals surface area (Å²) in [7, 11) is 1.73. The fraction of sp³-hybridized carbons (Fsp3) is 0.667. The molecule has 0 aliphatic rings. The van der Waals surface area contributed by atoms with E-state index in [1.807, 2.05) is 0 Å². The van der Waals surface area contributed by atoms with Gasteiger partial charge < -0.3 is 10.1 Å². The standard InChI is InChI=1S/C12H21NOS/c1-12(2,10-13-5-6-14-3)8-11-4-7-15-9-11/h4,7,9,13H,5-6,8,10H2,1-3H3. The molecule has 0 radical (unpaired) electrons. The molecule has 0 aliphatic heterocycles. The SMILES string of the molecule is COCCNCC(C)(C)Cc1ccsc1. The summed E-state index contributed by atoms with van der Waals surface area (Å²) < 4.78 is 5.00. The highest BCUT2D eigenvalue weighted by molar-refractivity contribution is 7.07. The lowest BCUT2D eigenvalue weighted by Gasteiger charge is -2.24. The van der Waals surface area contributed by atoms with Gasteiger partial charge in [0, 0.05) is 20.2 Å². The van der Waals surface area contributed by atoms with Gasteiger partial charge in [-0.2, -0.15) is 11.3 Å². The van der Waals surface area contributed by atoms with Gasteiger partial charge in [0.2, 0.25) is 0 Å². The highest BCUT2D eigenvalue weighted by Crippen LogP contribution is 2.22. The van der Waals surface area contributed by atoms with Gasteiger partial charge in [0.1, 0.15) is 0 Å². The van der Waals surface area contributed by atoms with Crippen molar-refractivity contribution in [2.24, 2.45) is 5.41 Å². The van der Waals surface area contributed by atoms with E-state index in [4.69, 9.17) is 4.74 Å². The van der Waals surface area contributed by atoms with Crippen LogP contribution in [-0.4, -0.2) is 26.8 Å². The maximum absolute atomic E-state index is 5.00. The van der Waals surface area contributed by atoms with Crippen molar-refractivity contribution in [3.05, 3.63) is 22.4 Å². The number of hydrogen-bond acceptors (Lipinski definition) is 3. The monoisotopic (exact) mass is 227 g/mol. The Labute approximate surface area is 96.7 Å². The third kappa shape index (κ3) is 5.30. The molecule has 3 heteroatoms. The third-order valence-electron chi connectivity index (χ3n) is 2.35. The Balaban J connectivity index is 2.25. The summed E-state index contributed by atoms with van der Waals surface area (Å²) >= 11 is 1.77. The maximum Gasteiger partial charge on any atom is 0.0587 e. The van der Waals surface area contributed by atoms with Gasteiger partial charge in [-0.25, -0.2) is 0 Å². The zero-order valence-electron chi connectivity index (χ0n) is 9.88. The van der Waals surface area contributed by atoms with Crippen molar-refractivity contribution in [3.8, 4) is 0 Å². The number of thiophene rings is 1. The molecule has 0 amide bonds. The topological polar surface area (TPSA) is 21.3 Å². The minimum atomic E-state index is 0.314. The van der Waals surface area contributed by atoms with Crippen LogP contribution >= 0.6 is 11.3 Å². The van der Waals surface area contributed by atoms with Crippen molar-refractivity contribution in [3.63, 3.8) is 0 Å². The molecule has 0 spiro atoms. The Morgan fingerprint density at radius 3 is 2.87 bits per heavy atom. The number of ether oxygens (including phenoxy) is 1. The lowest BCUT2D eigenvalue weighted by Crippen LogP contribution is -2.32. The van der Waals surface area contributed by atoms with Gasteiger partial charge in [-0.05, 0) is 34.2 Å². The highest BCUT2D eigenvalue weighted by Gasteiger charge is 2.17. The second-order valence-corrected chi connectivity index (χ2v) is 5.42. The molecule has 1 heterocycles. The average molecular weight is 227 g/mol. The summed E-state index contributed by atoms with van der Waals surface area (Å²) in [5, 5.41) is 7.79. The first-order valence-corrected chi connectivity index (χ1v) is 6.29. The van der Waals surface area contributed by atoms with Crippen LogP contribution in [0.3, 0.4) is 0 Å². The van der Waals surface area contributed by atoms with Gasteiger partial charge in [0.15, 0.2) is 0 Å². The first-order valence-electron chi connectivity index (χ1n) is 5.35. The second-order valence-electron chi connectivity index (χ2n) is 4.64. The molecule has 0 fully saturated rings. The minimum Gasteiger partial charge on any atom is -0.383 e. The van der Waals surface area contributed by atoms with Crippen molar-refractivity contribution in [2.75, 3.05) is 26.8 Å². The molecule has 1 rings (SSSR count). The number of nitrogens with one attached hydrogen (secondary N) is 1. The van der Waals surface area contributed by atoms with Crippen LogP contribution in [0.25, 0.3) is 0 Å². The molecule has 2 nitrogen and oxygen atoms in total. The minimum absolute atomic E-state index is 0.314. The molecule has 0 unspecified atom stereocenters. The molecule has 1 aromatic heterocycles. The largest absolute Gasteiger partial charge is 0.383 e. The van der Waals surface area contributed by atoms with Gasteiger partial charge >= 0.3 is 0 Å². The molecule has 0 aromatic carbocycles. The van der Waals surface area contributed by atoms with Crippen LogP contribution in [0.2, 0.25) is 0 Å². The predicted molar refractivity (Wildman–Crippen MR) is 66.5 cm³/mol.